The van der Waals surface area contributed by atoms with Gasteiger partial charge < -0.3 is 9.80 Å². The van der Waals surface area contributed by atoms with Crippen molar-refractivity contribution in [3.8, 4) is 0 Å². The van der Waals surface area contributed by atoms with E-state index in [9.17, 15) is 0 Å². The Balaban J connectivity index is 3.34. The van der Waals surface area contributed by atoms with Crippen LogP contribution in [0.3, 0.4) is 0 Å². The van der Waals surface area contributed by atoms with Crippen LogP contribution in [0.25, 0.3) is 0 Å². The first-order valence-corrected chi connectivity index (χ1v) is 2.64. The van der Waals surface area contributed by atoms with Crippen molar-refractivity contribution in [3.63, 3.8) is 0 Å². The summed E-state index contributed by atoms with van der Waals surface area (Å²) in [6.07, 6.45) is 4.00. The number of hydrogen-bond acceptors (Lipinski definition) is 2. The van der Waals surface area contributed by atoms with E-state index >= 15 is 0 Å². The van der Waals surface area contributed by atoms with Gasteiger partial charge in [0.15, 0.2) is 0 Å². The Morgan fingerprint density at radius 1 is 0.750 bits per heavy atom. The molecular weight excluding hydrogens is 100 g/mol. The number of hydrogen-bond donors (Lipinski definition) is 0. The summed E-state index contributed by atoms with van der Waals surface area (Å²) in [4.78, 5) is 4.00. The summed E-state index contributed by atoms with van der Waals surface area (Å²) in [6, 6.07) is 0. The second-order valence-electron chi connectivity index (χ2n) is 2.23. The van der Waals surface area contributed by atoms with Crippen LogP contribution >= 0.6 is 0 Å². The first kappa shape index (κ1) is 7.34. The Bertz CT molecular complexity index is 64.6. The summed E-state index contributed by atoms with van der Waals surface area (Å²) in [7, 11) is 8.00. The van der Waals surface area contributed by atoms with Gasteiger partial charge in [-0.25, -0.2) is 0 Å². The molecule has 0 rings (SSSR count). The average Bonchev–Trinajstić information content (AvgIpc) is 1.61. The highest BCUT2D eigenvalue weighted by molar-refractivity contribution is 4.75. The number of rotatable bonds is 2. The second-order valence-corrected chi connectivity index (χ2v) is 2.23. The van der Waals surface area contributed by atoms with Gasteiger partial charge >= 0.3 is 0 Å². The number of nitrogens with zero attached hydrogens (tertiary/aromatic N) is 2. The molecule has 0 aliphatic heterocycles. The molecule has 0 heterocycles. The minimum Gasteiger partial charge on any atom is -0.382 e. The highest BCUT2D eigenvalue weighted by atomic mass is 15.1. The molecule has 0 unspecified atom stereocenters. The van der Waals surface area contributed by atoms with E-state index in [1.807, 2.05) is 50.4 Å². The Labute approximate surface area is 51.4 Å². The lowest BCUT2D eigenvalue weighted by molar-refractivity contribution is 0.512. The van der Waals surface area contributed by atoms with E-state index in [-0.39, 0.29) is 0 Å². The average molecular weight is 114 g/mol. The van der Waals surface area contributed by atoms with Crippen molar-refractivity contribution >= 4 is 0 Å². The maximum Gasteiger partial charge on any atom is 0.0147 e. The van der Waals surface area contributed by atoms with Crippen LogP contribution in [-0.2, 0) is 0 Å². The lowest BCUT2D eigenvalue weighted by atomic mass is 10.7. The molecule has 2 heteroatoms. The summed E-state index contributed by atoms with van der Waals surface area (Å²) in [6.45, 7) is 0. The standard InChI is InChI=1S/C6H14N2/c1-7(2)5-6-8(3)4/h5-6H,1-4H3. The minimum atomic E-state index is 2.00. The van der Waals surface area contributed by atoms with Crippen molar-refractivity contribution in [2.45, 2.75) is 0 Å². The van der Waals surface area contributed by atoms with Crippen LogP contribution in [0.15, 0.2) is 12.4 Å². The van der Waals surface area contributed by atoms with E-state index < -0.39 is 0 Å². The van der Waals surface area contributed by atoms with E-state index in [4.69, 9.17) is 0 Å². The molecule has 0 bridgehead atoms. The fourth-order valence-electron chi connectivity index (χ4n) is 0.267. The first-order chi connectivity index (χ1) is 3.63. The van der Waals surface area contributed by atoms with Gasteiger partial charge in [-0.05, 0) is 0 Å². The summed E-state index contributed by atoms with van der Waals surface area (Å²) >= 11 is 0. The van der Waals surface area contributed by atoms with E-state index in [0.29, 0.717) is 0 Å². The molecule has 8 heavy (non-hydrogen) atoms. The van der Waals surface area contributed by atoms with Gasteiger partial charge in [-0.1, -0.05) is 0 Å². The lowest BCUT2D eigenvalue weighted by Crippen LogP contribution is -2.06. The van der Waals surface area contributed by atoms with Crippen molar-refractivity contribution in [2.75, 3.05) is 28.2 Å². The van der Waals surface area contributed by atoms with Crippen LogP contribution in [0.2, 0.25) is 0 Å². The van der Waals surface area contributed by atoms with Crippen molar-refractivity contribution < 1.29 is 0 Å². The molecule has 0 saturated carbocycles. The Morgan fingerprint density at radius 3 is 1.12 bits per heavy atom. The third-order valence-corrected chi connectivity index (χ3v) is 0.663. The molecule has 0 radical (unpaired) electrons. The first-order valence-electron chi connectivity index (χ1n) is 2.64. The Hall–Kier alpha value is -0.660. The summed E-state index contributed by atoms with van der Waals surface area (Å²) in [5, 5.41) is 0. The fourth-order valence-corrected chi connectivity index (χ4v) is 0.267. The minimum absolute atomic E-state index is 2.00. The van der Waals surface area contributed by atoms with E-state index in [1.54, 1.807) is 0 Å². The normalized spacial score (nSPS) is 10.0. The molecule has 0 fully saturated rings. The van der Waals surface area contributed by atoms with Crippen LogP contribution in [-0.4, -0.2) is 38.0 Å². The molecule has 0 aliphatic rings. The highest BCUT2D eigenvalue weighted by Crippen LogP contribution is 1.78. The van der Waals surface area contributed by atoms with E-state index in [2.05, 4.69) is 0 Å². The molecule has 0 amide bonds. The van der Waals surface area contributed by atoms with Gasteiger partial charge in [-0.3, -0.25) is 0 Å². The van der Waals surface area contributed by atoms with Crippen LogP contribution in [0.4, 0.5) is 0 Å². The molecule has 0 aromatic carbocycles. The summed E-state index contributed by atoms with van der Waals surface area (Å²) in [5.41, 5.74) is 0. The third-order valence-electron chi connectivity index (χ3n) is 0.663. The molecule has 0 aromatic rings. The largest absolute Gasteiger partial charge is 0.382 e. The SMILES string of the molecule is CN(C)C=CN(C)C. The molecule has 0 saturated heterocycles. The third kappa shape index (κ3) is 5.34. The molecule has 0 atom stereocenters. The molecule has 48 valence electrons. The lowest BCUT2D eigenvalue weighted by Gasteiger charge is -2.07. The van der Waals surface area contributed by atoms with Crippen LogP contribution in [0.5, 0.6) is 0 Å². The smallest absolute Gasteiger partial charge is 0.0147 e. The zero-order chi connectivity index (χ0) is 6.57. The quantitative estimate of drug-likeness (QED) is 0.518. The molecule has 2 nitrogen and oxygen atoms in total. The van der Waals surface area contributed by atoms with Gasteiger partial charge in [0.05, 0.1) is 0 Å². The molecule has 0 N–H and O–H groups in total. The van der Waals surface area contributed by atoms with Crippen LogP contribution in [0.1, 0.15) is 0 Å². The Kier molecular flexibility index (Phi) is 3.08. The van der Waals surface area contributed by atoms with Crippen LogP contribution in [0, 0.1) is 0 Å². The predicted octanol–water partition coefficient (Wildman–Crippen LogP) is 0.581. The topological polar surface area (TPSA) is 6.48 Å². The maximum absolute atomic E-state index is 2.00. The van der Waals surface area contributed by atoms with Crippen LogP contribution < -0.4 is 0 Å². The zero-order valence-electron chi connectivity index (χ0n) is 6.05. The molecule has 0 spiro atoms. The zero-order valence-corrected chi connectivity index (χ0v) is 6.05. The molecule has 0 aliphatic carbocycles. The van der Waals surface area contributed by atoms with Gasteiger partial charge in [0.1, 0.15) is 0 Å². The van der Waals surface area contributed by atoms with Crippen molar-refractivity contribution in [3.05, 3.63) is 12.4 Å². The second kappa shape index (κ2) is 3.36. The van der Waals surface area contributed by atoms with E-state index in [1.165, 1.54) is 0 Å². The van der Waals surface area contributed by atoms with E-state index in [0.717, 1.165) is 0 Å². The van der Waals surface area contributed by atoms with Crippen molar-refractivity contribution in [1.29, 1.82) is 0 Å². The van der Waals surface area contributed by atoms with Gasteiger partial charge in [-0.15, -0.1) is 0 Å². The summed E-state index contributed by atoms with van der Waals surface area (Å²) in [5.74, 6) is 0. The summed E-state index contributed by atoms with van der Waals surface area (Å²) < 4.78 is 0. The predicted molar refractivity (Wildman–Crippen MR) is 36.5 cm³/mol. The monoisotopic (exact) mass is 114 g/mol. The van der Waals surface area contributed by atoms with Gasteiger partial charge in [-0.2, -0.15) is 0 Å². The van der Waals surface area contributed by atoms with Gasteiger partial charge in [0.2, 0.25) is 0 Å². The van der Waals surface area contributed by atoms with Crippen molar-refractivity contribution in [2.24, 2.45) is 0 Å². The van der Waals surface area contributed by atoms with Gasteiger partial charge in [0, 0.05) is 40.6 Å². The highest BCUT2D eigenvalue weighted by Gasteiger charge is 1.75. The Morgan fingerprint density at radius 2 is 1.00 bits per heavy atom. The molecular formula is C6H14N2. The fraction of sp³-hybridized carbons (Fsp3) is 0.667. The van der Waals surface area contributed by atoms with Crippen molar-refractivity contribution in [1.82, 2.24) is 9.80 Å². The van der Waals surface area contributed by atoms with Gasteiger partial charge in [0.25, 0.3) is 0 Å². The molecule has 0 aromatic heterocycles. The maximum atomic E-state index is 2.00.